The maximum atomic E-state index is 11.5. The highest BCUT2D eigenvalue weighted by Crippen LogP contribution is 2.30. The van der Waals surface area contributed by atoms with Crippen LogP contribution in [-0.2, 0) is 20.7 Å². The maximum absolute atomic E-state index is 11.5. The smallest absolute Gasteiger partial charge is 0.376 e. The van der Waals surface area contributed by atoms with Gasteiger partial charge in [-0.3, -0.25) is 4.79 Å². The van der Waals surface area contributed by atoms with Gasteiger partial charge >= 0.3 is 5.97 Å². The van der Waals surface area contributed by atoms with E-state index in [0.717, 1.165) is 24.8 Å². The molecule has 1 aromatic rings. The van der Waals surface area contributed by atoms with Crippen molar-refractivity contribution in [3.8, 4) is 5.75 Å². The number of Topliss-reactive ketones (excluding diaryl/α,β-unsaturated/α-hetero) is 1. The largest absolute Gasteiger partial charge is 0.493 e. The Balaban J connectivity index is 2.23. The number of halogens is 1. The lowest BCUT2D eigenvalue weighted by atomic mass is 10.0. The normalized spacial score (nSPS) is 14.7. The van der Waals surface area contributed by atoms with Crippen LogP contribution in [-0.4, -0.2) is 25.5 Å². The first-order valence-corrected chi connectivity index (χ1v) is 5.59. The van der Waals surface area contributed by atoms with Crippen LogP contribution in [0.3, 0.4) is 0 Å². The topological polar surface area (TPSA) is 52.6 Å². The highest BCUT2D eigenvalue weighted by Gasteiger charge is 2.26. The number of fused-ring (bicyclic) bond motifs is 1. The predicted molar refractivity (Wildman–Crippen MR) is 61.3 cm³/mol. The molecule has 1 aliphatic heterocycles. The lowest BCUT2D eigenvalue weighted by Gasteiger charge is -2.08. The maximum Gasteiger partial charge on any atom is 0.376 e. The minimum atomic E-state index is -1.01. The Morgan fingerprint density at radius 3 is 2.94 bits per heavy atom. The van der Waals surface area contributed by atoms with Crippen LogP contribution in [0.25, 0.3) is 0 Å². The van der Waals surface area contributed by atoms with Gasteiger partial charge in [0.1, 0.15) is 11.1 Å². The summed E-state index contributed by atoms with van der Waals surface area (Å²) in [6, 6.07) is 5.24. The average molecular weight is 255 g/mol. The molecule has 5 heteroatoms. The molecule has 0 saturated carbocycles. The van der Waals surface area contributed by atoms with Gasteiger partial charge in [0.2, 0.25) is 0 Å². The van der Waals surface area contributed by atoms with Gasteiger partial charge in [-0.25, -0.2) is 4.79 Å². The van der Waals surface area contributed by atoms with Gasteiger partial charge in [0.05, 0.1) is 13.7 Å². The van der Waals surface area contributed by atoms with Gasteiger partial charge in [-0.2, -0.15) is 0 Å². The Kier molecular flexibility index (Phi) is 3.33. The summed E-state index contributed by atoms with van der Waals surface area (Å²) in [6.07, 6.45) is 0.791. The van der Waals surface area contributed by atoms with Gasteiger partial charge in [0.15, 0.2) is 0 Å². The van der Waals surface area contributed by atoms with E-state index in [1.807, 2.05) is 0 Å². The number of alkyl halides is 1. The van der Waals surface area contributed by atoms with E-state index in [1.165, 1.54) is 0 Å². The molecule has 0 amide bonds. The molecule has 0 spiro atoms. The summed E-state index contributed by atoms with van der Waals surface area (Å²) in [5, 5.41) is -1.01. The molecule has 17 heavy (non-hydrogen) atoms. The monoisotopic (exact) mass is 254 g/mol. The first kappa shape index (κ1) is 11.9. The van der Waals surface area contributed by atoms with Gasteiger partial charge in [-0.1, -0.05) is 12.1 Å². The van der Waals surface area contributed by atoms with Crippen LogP contribution in [0.1, 0.15) is 16.5 Å². The first-order chi connectivity index (χ1) is 8.13. The summed E-state index contributed by atoms with van der Waals surface area (Å²) in [7, 11) is 1.15. The van der Waals surface area contributed by atoms with Crippen molar-refractivity contribution in [2.45, 2.75) is 11.8 Å². The minimum Gasteiger partial charge on any atom is -0.493 e. The van der Waals surface area contributed by atoms with Crippen molar-refractivity contribution in [3.05, 3.63) is 29.3 Å². The van der Waals surface area contributed by atoms with Gasteiger partial charge in [-0.05, 0) is 17.2 Å². The van der Waals surface area contributed by atoms with E-state index in [9.17, 15) is 9.59 Å². The SMILES string of the molecule is COC(=O)C(=O)C(Cl)c1ccc2c(c1)CCO2. The second-order valence-corrected chi connectivity index (χ2v) is 4.12. The van der Waals surface area contributed by atoms with Gasteiger partial charge < -0.3 is 9.47 Å². The average Bonchev–Trinajstić information content (AvgIpc) is 2.83. The van der Waals surface area contributed by atoms with Crippen molar-refractivity contribution in [2.75, 3.05) is 13.7 Å². The Morgan fingerprint density at radius 1 is 1.47 bits per heavy atom. The molecule has 1 aromatic carbocycles. The number of benzene rings is 1. The number of ketones is 1. The van der Waals surface area contributed by atoms with Crippen molar-refractivity contribution in [2.24, 2.45) is 0 Å². The van der Waals surface area contributed by atoms with Crippen LogP contribution in [0.5, 0.6) is 5.75 Å². The highest BCUT2D eigenvalue weighted by molar-refractivity contribution is 6.47. The van der Waals surface area contributed by atoms with E-state index in [2.05, 4.69) is 4.74 Å². The Hall–Kier alpha value is -1.55. The molecular formula is C12H11ClO4. The summed E-state index contributed by atoms with van der Waals surface area (Å²) in [5.74, 6) is -0.877. The third kappa shape index (κ3) is 2.26. The molecule has 1 aliphatic rings. The number of hydrogen-bond donors (Lipinski definition) is 0. The third-order valence-electron chi connectivity index (χ3n) is 2.62. The van der Waals surface area contributed by atoms with Crippen LogP contribution in [0.2, 0.25) is 0 Å². The fourth-order valence-electron chi connectivity index (χ4n) is 1.72. The van der Waals surface area contributed by atoms with E-state index in [0.29, 0.717) is 12.2 Å². The van der Waals surface area contributed by atoms with E-state index >= 15 is 0 Å². The molecule has 0 fully saturated rings. The number of hydrogen-bond acceptors (Lipinski definition) is 4. The second-order valence-electron chi connectivity index (χ2n) is 3.68. The van der Waals surface area contributed by atoms with Crippen molar-refractivity contribution < 1.29 is 19.1 Å². The molecule has 90 valence electrons. The van der Waals surface area contributed by atoms with Crippen molar-refractivity contribution in [1.29, 1.82) is 0 Å². The lowest BCUT2D eigenvalue weighted by molar-refractivity contribution is -0.151. The quantitative estimate of drug-likeness (QED) is 0.468. The second kappa shape index (κ2) is 4.75. The zero-order chi connectivity index (χ0) is 12.4. The van der Waals surface area contributed by atoms with Crippen LogP contribution >= 0.6 is 11.6 Å². The zero-order valence-corrected chi connectivity index (χ0v) is 9.99. The van der Waals surface area contributed by atoms with Crippen LogP contribution in [0.15, 0.2) is 18.2 Å². The number of carbonyl (C=O) groups excluding carboxylic acids is 2. The van der Waals surface area contributed by atoms with Gasteiger partial charge in [-0.15, -0.1) is 11.6 Å². The van der Waals surface area contributed by atoms with E-state index in [-0.39, 0.29) is 0 Å². The summed E-state index contributed by atoms with van der Waals surface area (Å²) < 4.78 is 9.69. The fourth-order valence-corrected chi connectivity index (χ4v) is 1.94. The number of esters is 1. The third-order valence-corrected chi connectivity index (χ3v) is 3.07. The lowest BCUT2D eigenvalue weighted by Crippen LogP contribution is -2.20. The summed E-state index contributed by atoms with van der Waals surface area (Å²) in [5.41, 5.74) is 1.59. The molecule has 0 radical (unpaired) electrons. The van der Waals surface area contributed by atoms with E-state index in [4.69, 9.17) is 16.3 Å². The van der Waals surface area contributed by atoms with Crippen molar-refractivity contribution in [3.63, 3.8) is 0 Å². The molecule has 0 aliphatic carbocycles. The van der Waals surface area contributed by atoms with Gasteiger partial charge in [0, 0.05) is 6.42 Å². The fraction of sp³-hybridized carbons (Fsp3) is 0.333. The van der Waals surface area contributed by atoms with Crippen molar-refractivity contribution in [1.82, 2.24) is 0 Å². The molecule has 1 heterocycles. The molecule has 1 atom stereocenters. The van der Waals surface area contributed by atoms with Crippen molar-refractivity contribution >= 4 is 23.4 Å². The molecule has 4 nitrogen and oxygen atoms in total. The standard InChI is InChI=1S/C12H11ClO4/c1-16-12(15)11(14)10(13)8-2-3-9-7(6-8)4-5-17-9/h2-3,6,10H,4-5H2,1H3. The summed E-state index contributed by atoms with van der Waals surface area (Å²) in [6.45, 7) is 0.636. The molecule has 2 rings (SSSR count). The van der Waals surface area contributed by atoms with Crippen LogP contribution in [0.4, 0.5) is 0 Å². The predicted octanol–water partition coefficient (Wildman–Crippen LogP) is 1.64. The molecule has 0 saturated heterocycles. The minimum absolute atomic E-state index is 0.589. The number of carbonyl (C=O) groups is 2. The Morgan fingerprint density at radius 2 is 2.24 bits per heavy atom. The Labute approximate surface area is 103 Å². The Bertz CT molecular complexity index is 470. The summed E-state index contributed by atoms with van der Waals surface area (Å²) >= 11 is 5.94. The van der Waals surface area contributed by atoms with E-state index in [1.54, 1.807) is 18.2 Å². The molecule has 0 N–H and O–H groups in total. The number of methoxy groups -OCH3 is 1. The number of ether oxygens (including phenoxy) is 2. The summed E-state index contributed by atoms with van der Waals surface area (Å²) in [4.78, 5) is 22.6. The zero-order valence-electron chi connectivity index (χ0n) is 9.23. The molecule has 0 bridgehead atoms. The highest BCUT2D eigenvalue weighted by atomic mass is 35.5. The van der Waals surface area contributed by atoms with Crippen LogP contribution < -0.4 is 4.74 Å². The molecule has 0 aromatic heterocycles. The molecular weight excluding hydrogens is 244 g/mol. The number of rotatable bonds is 3. The van der Waals surface area contributed by atoms with E-state index < -0.39 is 17.1 Å². The first-order valence-electron chi connectivity index (χ1n) is 5.15. The van der Waals surface area contributed by atoms with Gasteiger partial charge in [0.25, 0.3) is 5.78 Å². The van der Waals surface area contributed by atoms with Crippen LogP contribution in [0, 0.1) is 0 Å². The molecule has 1 unspecified atom stereocenters.